The lowest BCUT2D eigenvalue weighted by molar-refractivity contribution is 0.256. The number of allylic oxidation sites excluding steroid dienone is 3. The molecule has 1 aliphatic rings. The molecule has 0 radical (unpaired) electrons. The molecule has 0 aromatic carbocycles. The van der Waals surface area contributed by atoms with Crippen molar-refractivity contribution in [3.05, 3.63) is 41.2 Å². The second kappa shape index (κ2) is 6.05. The number of hydrogen-bond donors (Lipinski definition) is 1. The van der Waals surface area contributed by atoms with Crippen molar-refractivity contribution >= 4 is 0 Å². The predicted octanol–water partition coefficient (Wildman–Crippen LogP) is 4.16. The van der Waals surface area contributed by atoms with Crippen LogP contribution in [-0.4, -0.2) is 11.2 Å². The van der Waals surface area contributed by atoms with Crippen molar-refractivity contribution in [2.75, 3.05) is 0 Å². The Balaban J connectivity index is 2.96. The molecule has 1 heteroatoms. The molecule has 0 saturated carbocycles. The summed E-state index contributed by atoms with van der Waals surface area (Å²) in [4.78, 5) is 0. The summed E-state index contributed by atoms with van der Waals surface area (Å²) in [5.41, 5.74) is 5.74. The number of aliphatic hydroxyl groups excluding tert-OH is 1. The lowest BCUT2D eigenvalue weighted by Gasteiger charge is -2.18. The average molecular weight is 232 g/mol. The zero-order chi connectivity index (χ0) is 12.9. The van der Waals surface area contributed by atoms with E-state index in [2.05, 4.69) is 44.7 Å². The normalized spacial score (nSPS) is 30.5. The fourth-order valence-electron chi connectivity index (χ4n) is 1.77. The molecule has 1 atom stereocenters. The molecule has 17 heavy (non-hydrogen) atoms. The third kappa shape index (κ3) is 5.21. The monoisotopic (exact) mass is 232 g/mol. The molecular weight excluding hydrogens is 208 g/mol. The van der Waals surface area contributed by atoms with Crippen molar-refractivity contribution in [2.45, 2.75) is 53.1 Å². The first-order valence-corrected chi connectivity index (χ1v) is 6.35. The van der Waals surface area contributed by atoms with E-state index in [4.69, 9.17) is 0 Å². The van der Waals surface area contributed by atoms with E-state index in [1.165, 1.54) is 5.57 Å². The minimum atomic E-state index is -0.443. The van der Waals surface area contributed by atoms with Gasteiger partial charge in [0.1, 0.15) is 0 Å². The Morgan fingerprint density at radius 3 is 2.76 bits per heavy atom. The van der Waals surface area contributed by atoms with E-state index in [1.807, 2.05) is 13.0 Å². The van der Waals surface area contributed by atoms with E-state index >= 15 is 0 Å². The smallest absolute Gasteiger partial charge is 0.0929 e. The number of rotatable bonds is 0. The van der Waals surface area contributed by atoms with Gasteiger partial charge in [-0.3, -0.25) is 0 Å². The van der Waals surface area contributed by atoms with Crippen LogP contribution in [0.25, 0.3) is 0 Å². The quantitative estimate of drug-likeness (QED) is 0.491. The summed E-state index contributed by atoms with van der Waals surface area (Å²) < 4.78 is 0. The highest BCUT2D eigenvalue weighted by Gasteiger charge is 2.13. The van der Waals surface area contributed by atoms with Crippen LogP contribution < -0.4 is 0 Å². The number of aliphatic hydroxyl groups is 1. The highest BCUT2D eigenvalue weighted by atomic mass is 16.3. The Labute approximate surface area is 105 Å². The Kier molecular flexibility index (Phi) is 4.99. The van der Waals surface area contributed by atoms with Crippen LogP contribution >= 0.6 is 0 Å². The minimum Gasteiger partial charge on any atom is -0.385 e. The second-order valence-corrected chi connectivity index (χ2v) is 5.61. The van der Waals surface area contributed by atoms with Gasteiger partial charge in [0.05, 0.1) is 6.10 Å². The molecular formula is C16H24O. The summed E-state index contributed by atoms with van der Waals surface area (Å²) >= 11 is 0. The molecule has 1 unspecified atom stereocenters. The summed E-state index contributed by atoms with van der Waals surface area (Å²) in [5, 5.41) is 9.97. The molecule has 94 valence electrons. The van der Waals surface area contributed by atoms with Gasteiger partial charge in [0, 0.05) is 0 Å². The van der Waals surface area contributed by atoms with Crippen molar-refractivity contribution < 1.29 is 5.11 Å². The van der Waals surface area contributed by atoms with Gasteiger partial charge in [0.25, 0.3) is 0 Å². The van der Waals surface area contributed by atoms with Gasteiger partial charge in [-0.1, -0.05) is 32.1 Å². The lowest BCUT2D eigenvalue weighted by Crippen LogP contribution is -2.10. The first kappa shape index (κ1) is 14.0. The zero-order valence-electron chi connectivity index (χ0n) is 11.5. The number of hydrogen-bond acceptors (Lipinski definition) is 1. The Morgan fingerprint density at radius 1 is 1.35 bits per heavy atom. The van der Waals surface area contributed by atoms with E-state index in [0.717, 1.165) is 24.8 Å². The molecule has 1 rings (SSSR count). The standard InChI is InChI=1S/C16H24O/c1-13-7-5-9-14(2)15(17)10-12-16(3,4)11-6-8-13/h6,9-10,12,15,17H,5,7,11H2,1-4H3/b12-10-,14-9+. The second-order valence-electron chi connectivity index (χ2n) is 5.61. The molecule has 0 spiro atoms. The van der Waals surface area contributed by atoms with E-state index < -0.39 is 6.10 Å². The van der Waals surface area contributed by atoms with Gasteiger partial charge >= 0.3 is 0 Å². The average Bonchev–Trinajstić information content (AvgIpc) is 2.24. The van der Waals surface area contributed by atoms with Crippen molar-refractivity contribution in [1.82, 2.24) is 0 Å². The molecule has 1 aliphatic carbocycles. The summed E-state index contributed by atoms with van der Waals surface area (Å²) in [5.74, 6) is 0. The maximum Gasteiger partial charge on any atom is 0.0929 e. The Hall–Kier alpha value is -1.04. The van der Waals surface area contributed by atoms with Gasteiger partial charge in [0.15, 0.2) is 0 Å². The lowest BCUT2D eigenvalue weighted by atomic mass is 9.87. The van der Waals surface area contributed by atoms with Crippen molar-refractivity contribution in [2.24, 2.45) is 5.41 Å². The molecule has 1 N–H and O–H groups in total. The van der Waals surface area contributed by atoms with Gasteiger partial charge in [0.2, 0.25) is 0 Å². The summed E-state index contributed by atoms with van der Waals surface area (Å²) in [6.07, 6.45) is 10.7. The summed E-state index contributed by atoms with van der Waals surface area (Å²) in [6.45, 7) is 8.45. The topological polar surface area (TPSA) is 20.2 Å². The van der Waals surface area contributed by atoms with Gasteiger partial charge in [-0.2, -0.15) is 0 Å². The Bertz CT molecular complexity index is 376. The van der Waals surface area contributed by atoms with Crippen molar-refractivity contribution in [3.63, 3.8) is 0 Å². The Morgan fingerprint density at radius 2 is 2.06 bits per heavy atom. The fourth-order valence-corrected chi connectivity index (χ4v) is 1.77. The van der Waals surface area contributed by atoms with Gasteiger partial charge in [-0.25, -0.2) is 0 Å². The molecule has 0 aliphatic heterocycles. The summed E-state index contributed by atoms with van der Waals surface area (Å²) in [6, 6.07) is 0. The van der Waals surface area contributed by atoms with Gasteiger partial charge in [-0.15, -0.1) is 5.73 Å². The van der Waals surface area contributed by atoms with Crippen LogP contribution in [0.15, 0.2) is 41.2 Å². The first-order chi connectivity index (χ1) is 7.91. The molecule has 0 aromatic rings. The largest absolute Gasteiger partial charge is 0.385 e. The van der Waals surface area contributed by atoms with Crippen LogP contribution in [0.3, 0.4) is 0 Å². The maximum atomic E-state index is 9.97. The molecule has 0 saturated heterocycles. The zero-order valence-corrected chi connectivity index (χ0v) is 11.5. The fraction of sp³-hybridized carbons (Fsp3) is 0.562. The van der Waals surface area contributed by atoms with Gasteiger partial charge in [-0.05, 0) is 55.7 Å². The van der Waals surface area contributed by atoms with E-state index in [0.29, 0.717) is 0 Å². The van der Waals surface area contributed by atoms with Crippen LogP contribution in [0, 0.1) is 5.41 Å². The van der Waals surface area contributed by atoms with Gasteiger partial charge < -0.3 is 5.11 Å². The van der Waals surface area contributed by atoms with Crippen LogP contribution in [0.2, 0.25) is 0 Å². The summed E-state index contributed by atoms with van der Waals surface area (Å²) in [7, 11) is 0. The SMILES string of the molecule is CC1=C=CCC(C)(C)/C=C\C(O)/C(C)=C/CC1. The van der Waals surface area contributed by atoms with Crippen molar-refractivity contribution in [3.8, 4) is 0 Å². The molecule has 0 aromatic heterocycles. The first-order valence-electron chi connectivity index (χ1n) is 6.35. The van der Waals surface area contributed by atoms with Crippen LogP contribution in [-0.2, 0) is 0 Å². The van der Waals surface area contributed by atoms with E-state index in [9.17, 15) is 5.11 Å². The van der Waals surface area contributed by atoms with Crippen LogP contribution in [0.4, 0.5) is 0 Å². The maximum absolute atomic E-state index is 9.97. The van der Waals surface area contributed by atoms with Crippen molar-refractivity contribution in [1.29, 1.82) is 0 Å². The molecule has 1 nitrogen and oxygen atoms in total. The molecule has 0 bridgehead atoms. The third-order valence-electron chi connectivity index (χ3n) is 3.16. The van der Waals surface area contributed by atoms with E-state index in [1.54, 1.807) is 0 Å². The van der Waals surface area contributed by atoms with Crippen LogP contribution in [0.5, 0.6) is 0 Å². The molecule has 0 amide bonds. The van der Waals surface area contributed by atoms with E-state index in [-0.39, 0.29) is 5.41 Å². The predicted molar refractivity (Wildman–Crippen MR) is 73.8 cm³/mol. The highest BCUT2D eigenvalue weighted by molar-refractivity contribution is 5.16. The minimum absolute atomic E-state index is 0.0771. The third-order valence-corrected chi connectivity index (χ3v) is 3.16. The van der Waals surface area contributed by atoms with Crippen LogP contribution in [0.1, 0.15) is 47.0 Å². The highest BCUT2D eigenvalue weighted by Crippen LogP contribution is 2.24. The molecule has 0 heterocycles. The molecule has 0 fully saturated rings.